The predicted octanol–water partition coefficient (Wildman–Crippen LogP) is 10.1. The highest BCUT2D eigenvalue weighted by molar-refractivity contribution is 6.17. The van der Waals surface area contributed by atoms with Gasteiger partial charge in [0, 0.05) is 43.4 Å². The van der Waals surface area contributed by atoms with Crippen LogP contribution in [0.2, 0.25) is 0 Å². The van der Waals surface area contributed by atoms with Crippen molar-refractivity contribution in [2.45, 2.75) is 0 Å². The minimum Gasteiger partial charge on any atom is -0.455 e. The zero-order chi connectivity index (χ0) is 27.1. The number of rotatable bonds is 2. The van der Waals surface area contributed by atoms with E-state index in [2.05, 4.69) is 102 Å². The highest BCUT2D eigenvalue weighted by Crippen LogP contribution is 2.43. The molecule has 9 rings (SSSR count). The van der Waals surface area contributed by atoms with E-state index < -0.39 is 0 Å². The second-order valence-electron chi connectivity index (χ2n) is 10.4. The average Bonchev–Trinajstić information content (AvgIpc) is 3.70. The molecule has 0 saturated heterocycles. The minimum atomic E-state index is 0.613. The number of benzene rings is 6. The second kappa shape index (κ2) is 8.11. The molecule has 41 heavy (non-hydrogen) atoms. The van der Waals surface area contributed by atoms with Gasteiger partial charge in [0.25, 0.3) is 0 Å². The van der Waals surface area contributed by atoms with Crippen LogP contribution in [-0.4, -0.2) is 4.57 Å². The molecular weight excluding hydrogens is 504 g/mol. The summed E-state index contributed by atoms with van der Waals surface area (Å²) in [5.74, 6) is 0. The van der Waals surface area contributed by atoms with Crippen molar-refractivity contribution in [3.63, 3.8) is 0 Å². The van der Waals surface area contributed by atoms with Crippen molar-refractivity contribution >= 4 is 65.7 Å². The van der Waals surface area contributed by atoms with Crippen molar-refractivity contribution in [3.05, 3.63) is 127 Å². The van der Waals surface area contributed by atoms with Crippen LogP contribution < -0.4 is 0 Å². The first kappa shape index (κ1) is 22.1. The third-order valence-corrected chi connectivity index (χ3v) is 8.24. The number of hydrogen-bond donors (Lipinski definition) is 0. The largest absolute Gasteiger partial charge is 0.455 e. The summed E-state index contributed by atoms with van der Waals surface area (Å²) in [5, 5.41) is 15.9. The smallest absolute Gasteiger partial charge is 0.159 e. The van der Waals surface area contributed by atoms with E-state index >= 15 is 0 Å². The van der Waals surface area contributed by atoms with Crippen molar-refractivity contribution in [2.75, 3.05) is 0 Å². The molecule has 0 bridgehead atoms. The zero-order valence-corrected chi connectivity index (χ0v) is 21.8. The first-order chi connectivity index (χ1) is 20.3. The number of nitriles is 1. The Morgan fingerprint density at radius 1 is 0.488 bits per heavy atom. The number of para-hydroxylation sites is 5. The fraction of sp³-hybridized carbons (Fsp3) is 0. The summed E-state index contributed by atoms with van der Waals surface area (Å²) in [6.07, 6.45) is 0. The van der Waals surface area contributed by atoms with Crippen LogP contribution in [0.3, 0.4) is 0 Å². The van der Waals surface area contributed by atoms with Gasteiger partial charge < -0.3 is 13.4 Å². The number of hydrogen-bond acceptors (Lipinski definition) is 3. The minimum absolute atomic E-state index is 0.613. The first-order valence-corrected chi connectivity index (χ1v) is 13.6. The predicted molar refractivity (Wildman–Crippen MR) is 165 cm³/mol. The van der Waals surface area contributed by atoms with Crippen LogP contribution in [0.1, 0.15) is 5.56 Å². The summed E-state index contributed by atoms with van der Waals surface area (Å²) >= 11 is 0. The lowest BCUT2D eigenvalue weighted by Gasteiger charge is -2.08. The molecule has 0 spiro atoms. The summed E-state index contributed by atoms with van der Waals surface area (Å²) in [7, 11) is 0. The molecule has 3 heterocycles. The molecule has 0 amide bonds. The lowest BCUT2D eigenvalue weighted by molar-refractivity contribution is 0.663. The highest BCUT2D eigenvalue weighted by atomic mass is 16.3. The normalized spacial score (nSPS) is 11.9. The lowest BCUT2D eigenvalue weighted by atomic mass is 9.99. The van der Waals surface area contributed by atoms with Gasteiger partial charge in [-0.15, -0.1) is 0 Å². The standard InChI is InChI=1S/C37H20N2O2/c38-21-22-18-19-34-30(20-22)29-13-6-10-25(35(29)40-34)26-11-5-12-27-28-14-7-17-33(37(28)41-36(26)27)39-31-15-3-1-8-23(31)24-9-2-4-16-32(24)39/h1-20H. The maximum atomic E-state index is 9.44. The Balaban J connectivity index is 1.35. The van der Waals surface area contributed by atoms with E-state index in [0.717, 1.165) is 71.7 Å². The SMILES string of the molecule is N#Cc1ccc2oc3c(-c4cccc5c4oc4c(-n6c7ccccc7c7ccccc76)cccc45)cccc3c2c1. The summed E-state index contributed by atoms with van der Waals surface area (Å²) in [5.41, 5.74) is 9.05. The summed E-state index contributed by atoms with van der Waals surface area (Å²) in [6, 6.07) is 43.7. The van der Waals surface area contributed by atoms with Gasteiger partial charge in [0.05, 0.1) is 28.4 Å². The summed E-state index contributed by atoms with van der Waals surface area (Å²) in [4.78, 5) is 0. The van der Waals surface area contributed by atoms with Crippen LogP contribution in [0.25, 0.3) is 82.5 Å². The quantitative estimate of drug-likeness (QED) is 0.226. The maximum absolute atomic E-state index is 9.44. The third-order valence-electron chi connectivity index (χ3n) is 8.24. The van der Waals surface area contributed by atoms with Crippen molar-refractivity contribution in [2.24, 2.45) is 0 Å². The fourth-order valence-electron chi connectivity index (χ4n) is 6.46. The molecule has 4 heteroatoms. The van der Waals surface area contributed by atoms with Gasteiger partial charge in [0.15, 0.2) is 5.58 Å². The van der Waals surface area contributed by atoms with Crippen LogP contribution in [0.15, 0.2) is 130 Å². The Morgan fingerprint density at radius 3 is 1.73 bits per heavy atom. The van der Waals surface area contributed by atoms with Crippen LogP contribution in [0.5, 0.6) is 0 Å². The Morgan fingerprint density at radius 2 is 1.05 bits per heavy atom. The Kier molecular flexibility index (Phi) is 4.37. The Bertz CT molecular complexity index is 2500. The number of nitrogens with zero attached hydrogens (tertiary/aromatic N) is 2. The number of aromatic nitrogens is 1. The Hall–Kier alpha value is -5.79. The lowest BCUT2D eigenvalue weighted by Crippen LogP contribution is -1.93. The van der Waals surface area contributed by atoms with Crippen molar-refractivity contribution in [1.29, 1.82) is 5.26 Å². The zero-order valence-electron chi connectivity index (χ0n) is 21.8. The van der Waals surface area contributed by atoms with Gasteiger partial charge in [-0.1, -0.05) is 84.9 Å². The molecule has 0 aliphatic heterocycles. The molecule has 0 N–H and O–H groups in total. The van der Waals surface area contributed by atoms with Gasteiger partial charge in [-0.25, -0.2) is 0 Å². The molecule has 0 radical (unpaired) electrons. The van der Waals surface area contributed by atoms with Gasteiger partial charge in [-0.05, 0) is 36.4 Å². The average molecular weight is 525 g/mol. The molecule has 4 nitrogen and oxygen atoms in total. The van der Waals surface area contributed by atoms with Crippen LogP contribution >= 0.6 is 0 Å². The van der Waals surface area contributed by atoms with Crippen LogP contribution in [-0.2, 0) is 0 Å². The summed E-state index contributed by atoms with van der Waals surface area (Å²) < 4.78 is 15.5. The van der Waals surface area contributed by atoms with Gasteiger partial charge in [-0.2, -0.15) is 5.26 Å². The molecular formula is C37H20N2O2. The number of furan rings is 2. The maximum Gasteiger partial charge on any atom is 0.159 e. The van der Waals surface area contributed by atoms with Gasteiger partial charge in [0.1, 0.15) is 16.7 Å². The van der Waals surface area contributed by atoms with E-state index in [1.807, 2.05) is 24.3 Å². The van der Waals surface area contributed by atoms with Crippen molar-refractivity contribution in [3.8, 4) is 22.9 Å². The van der Waals surface area contributed by atoms with E-state index in [9.17, 15) is 5.26 Å². The van der Waals surface area contributed by atoms with E-state index in [4.69, 9.17) is 8.83 Å². The highest BCUT2D eigenvalue weighted by Gasteiger charge is 2.20. The molecule has 9 aromatic rings. The van der Waals surface area contributed by atoms with E-state index in [1.165, 1.54) is 10.8 Å². The monoisotopic (exact) mass is 524 g/mol. The molecule has 6 aromatic carbocycles. The topological polar surface area (TPSA) is 55.0 Å². The second-order valence-corrected chi connectivity index (χ2v) is 10.4. The molecule has 0 aliphatic carbocycles. The molecule has 0 fully saturated rings. The molecule has 0 aliphatic rings. The molecule has 3 aromatic heterocycles. The van der Waals surface area contributed by atoms with Crippen LogP contribution in [0, 0.1) is 11.3 Å². The van der Waals surface area contributed by atoms with Crippen molar-refractivity contribution < 1.29 is 8.83 Å². The van der Waals surface area contributed by atoms with Gasteiger partial charge in [0.2, 0.25) is 0 Å². The third kappa shape index (κ3) is 2.98. The van der Waals surface area contributed by atoms with E-state index in [-0.39, 0.29) is 0 Å². The van der Waals surface area contributed by atoms with Crippen molar-refractivity contribution in [1.82, 2.24) is 4.57 Å². The Labute approximate surface area is 233 Å². The van der Waals surface area contributed by atoms with Crippen LogP contribution in [0.4, 0.5) is 0 Å². The van der Waals surface area contributed by atoms with Gasteiger partial charge >= 0.3 is 0 Å². The van der Waals surface area contributed by atoms with E-state index in [0.29, 0.717) is 5.56 Å². The first-order valence-electron chi connectivity index (χ1n) is 13.6. The van der Waals surface area contributed by atoms with Gasteiger partial charge in [-0.3, -0.25) is 0 Å². The van der Waals surface area contributed by atoms with E-state index in [1.54, 1.807) is 6.07 Å². The molecule has 0 unspecified atom stereocenters. The molecule has 190 valence electrons. The summed E-state index contributed by atoms with van der Waals surface area (Å²) in [6.45, 7) is 0. The molecule has 0 saturated carbocycles. The fourth-order valence-corrected chi connectivity index (χ4v) is 6.46. The number of fused-ring (bicyclic) bond motifs is 9. The molecule has 0 atom stereocenters.